The van der Waals surface area contributed by atoms with Crippen molar-refractivity contribution in [2.45, 2.75) is 12.7 Å². The highest BCUT2D eigenvalue weighted by Gasteiger charge is 2.31. The number of benzene rings is 2. The molecule has 2 rings (SSSR count). The Hall–Kier alpha value is -3.17. The number of urea groups is 1. The topological polar surface area (TPSA) is 84.3 Å². The van der Waals surface area contributed by atoms with Crippen LogP contribution in [0.3, 0.4) is 0 Å². The third-order valence-electron chi connectivity index (χ3n) is 3.16. The van der Waals surface area contributed by atoms with Gasteiger partial charge in [-0.3, -0.25) is 10.1 Å². The summed E-state index contributed by atoms with van der Waals surface area (Å²) in [6.07, 6.45) is -4.64. The minimum absolute atomic E-state index is 0.102. The molecule has 10 heteroatoms. The average Bonchev–Trinajstić information content (AvgIpc) is 2.53. The van der Waals surface area contributed by atoms with Crippen LogP contribution in [0, 0.1) is 15.9 Å². The fourth-order valence-electron chi connectivity index (χ4n) is 1.97. The molecule has 2 aromatic rings. The van der Waals surface area contributed by atoms with Crippen molar-refractivity contribution < 1.29 is 27.3 Å². The molecule has 0 saturated carbocycles. The van der Waals surface area contributed by atoms with Crippen LogP contribution in [-0.4, -0.2) is 11.0 Å². The van der Waals surface area contributed by atoms with Gasteiger partial charge in [-0.05, 0) is 24.3 Å². The SMILES string of the molecule is O=C(NCc1cc(C(F)(F)F)ccc1F)Nc1ccccc1[N+](=O)[O-]. The molecule has 2 N–H and O–H groups in total. The third-order valence-corrected chi connectivity index (χ3v) is 3.16. The molecule has 6 nitrogen and oxygen atoms in total. The summed E-state index contributed by atoms with van der Waals surface area (Å²) in [5, 5.41) is 15.2. The molecule has 0 spiro atoms. The van der Waals surface area contributed by atoms with Gasteiger partial charge in [-0.2, -0.15) is 13.2 Å². The zero-order chi connectivity index (χ0) is 18.6. The number of halogens is 4. The lowest BCUT2D eigenvalue weighted by atomic mass is 10.1. The number of alkyl halides is 3. The first-order chi connectivity index (χ1) is 11.7. The van der Waals surface area contributed by atoms with E-state index >= 15 is 0 Å². The minimum atomic E-state index is -4.64. The van der Waals surface area contributed by atoms with E-state index in [1.165, 1.54) is 24.3 Å². The van der Waals surface area contributed by atoms with Gasteiger partial charge in [0.25, 0.3) is 5.69 Å². The molecule has 0 aliphatic heterocycles. The Morgan fingerprint density at radius 3 is 2.48 bits per heavy atom. The molecule has 0 aliphatic carbocycles. The molecule has 0 fully saturated rings. The van der Waals surface area contributed by atoms with Gasteiger partial charge in [0.15, 0.2) is 0 Å². The number of rotatable bonds is 4. The Bertz CT molecular complexity index is 809. The summed E-state index contributed by atoms with van der Waals surface area (Å²) < 4.78 is 51.4. The number of nitro groups is 1. The fraction of sp³-hybridized carbons (Fsp3) is 0.133. The van der Waals surface area contributed by atoms with Crippen LogP contribution in [0.5, 0.6) is 0 Å². The molecule has 2 aromatic carbocycles. The predicted molar refractivity (Wildman–Crippen MR) is 80.4 cm³/mol. The van der Waals surface area contributed by atoms with Crippen molar-refractivity contribution in [3.63, 3.8) is 0 Å². The number of hydrogen-bond acceptors (Lipinski definition) is 3. The van der Waals surface area contributed by atoms with Gasteiger partial charge < -0.3 is 10.6 Å². The van der Waals surface area contributed by atoms with Crippen LogP contribution >= 0.6 is 0 Å². The second-order valence-corrected chi connectivity index (χ2v) is 4.89. The van der Waals surface area contributed by atoms with Gasteiger partial charge in [0.2, 0.25) is 0 Å². The maximum atomic E-state index is 13.6. The van der Waals surface area contributed by atoms with Gasteiger partial charge in [-0.1, -0.05) is 12.1 Å². The maximum absolute atomic E-state index is 13.6. The van der Waals surface area contributed by atoms with E-state index in [9.17, 15) is 32.5 Å². The fourth-order valence-corrected chi connectivity index (χ4v) is 1.97. The van der Waals surface area contributed by atoms with Gasteiger partial charge in [-0.15, -0.1) is 0 Å². The van der Waals surface area contributed by atoms with E-state index in [1.807, 2.05) is 0 Å². The molecule has 0 heterocycles. The summed E-state index contributed by atoms with van der Waals surface area (Å²) in [7, 11) is 0. The quantitative estimate of drug-likeness (QED) is 0.491. The van der Waals surface area contributed by atoms with E-state index in [2.05, 4.69) is 10.6 Å². The van der Waals surface area contributed by atoms with Gasteiger partial charge in [0, 0.05) is 18.2 Å². The Kier molecular flexibility index (Phi) is 5.20. The Labute approximate surface area is 138 Å². The first-order valence-electron chi connectivity index (χ1n) is 6.82. The molecule has 25 heavy (non-hydrogen) atoms. The van der Waals surface area contributed by atoms with Gasteiger partial charge in [0.1, 0.15) is 11.5 Å². The number of hydrogen-bond donors (Lipinski definition) is 2. The van der Waals surface area contributed by atoms with Gasteiger partial charge >= 0.3 is 12.2 Å². The largest absolute Gasteiger partial charge is 0.416 e. The number of carbonyl (C=O) groups excluding carboxylic acids is 1. The summed E-state index contributed by atoms with van der Waals surface area (Å²) in [5.41, 5.74) is -1.88. The zero-order valence-electron chi connectivity index (χ0n) is 12.4. The highest BCUT2D eigenvalue weighted by Crippen LogP contribution is 2.30. The molecule has 2 amide bonds. The van der Waals surface area contributed by atoms with Crippen LogP contribution in [0.25, 0.3) is 0 Å². The van der Waals surface area contributed by atoms with Crippen LogP contribution in [-0.2, 0) is 12.7 Å². The van der Waals surface area contributed by atoms with E-state index in [1.54, 1.807) is 0 Å². The van der Waals surface area contributed by atoms with E-state index in [0.29, 0.717) is 18.2 Å². The maximum Gasteiger partial charge on any atom is 0.416 e. The summed E-state index contributed by atoms with van der Waals surface area (Å²) >= 11 is 0. The molecule has 0 radical (unpaired) electrons. The molecule has 0 unspecified atom stereocenters. The van der Waals surface area contributed by atoms with Crippen molar-refractivity contribution in [3.05, 3.63) is 69.5 Å². The summed E-state index contributed by atoms with van der Waals surface area (Å²) in [6, 6.07) is 6.21. The molecule has 0 aromatic heterocycles. The van der Waals surface area contributed by atoms with Crippen LogP contribution in [0.4, 0.5) is 33.7 Å². The molecule has 0 atom stereocenters. The van der Waals surface area contributed by atoms with Crippen LogP contribution in [0.2, 0.25) is 0 Å². The van der Waals surface area contributed by atoms with E-state index in [-0.39, 0.29) is 16.9 Å². The minimum Gasteiger partial charge on any atom is -0.334 e. The highest BCUT2D eigenvalue weighted by molar-refractivity contribution is 5.91. The third kappa shape index (κ3) is 4.66. The van der Waals surface area contributed by atoms with E-state index in [0.717, 1.165) is 0 Å². The standard InChI is InChI=1S/C15H11F4N3O3/c16-11-6-5-10(15(17,18)19)7-9(11)8-20-14(23)21-12-3-1-2-4-13(12)22(24)25/h1-7H,8H2,(H2,20,21,23). The van der Waals surface area contributed by atoms with Gasteiger partial charge in [0.05, 0.1) is 10.5 Å². The smallest absolute Gasteiger partial charge is 0.334 e. The van der Waals surface area contributed by atoms with Crippen molar-refractivity contribution in [1.29, 1.82) is 0 Å². The molecule has 0 aliphatic rings. The number of nitrogens with one attached hydrogen (secondary N) is 2. The predicted octanol–water partition coefficient (Wildman–Crippen LogP) is 4.07. The highest BCUT2D eigenvalue weighted by atomic mass is 19.4. The Balaban J connectivity index is 2.07. The Morgan fingerprint density at radius 2 is 1.84 bits per heavy atom. The second-order valence-electron chi connectivity index (χ2n) is 4.89. The molecule has 0 bridgehead atoms. The van der Waals surface area contributed by atoms with Crippen LogP contribution in [0.15, 0.2) is 42.5 Å². The second kappa shape index (κ2) is 7.16. The van der Waals surface area contributed by atoms with Crippen molar-refractivity contribution in [3.8, 4) is 0 Å². The number of nitro benzene ring substituents is 1. The first-order valence-corrected chi connectivity index (χ1v) is 6.82. The summed E-state index contributed by atoms with van der Waals surface area (Å²) in [5.74, 6) is -0.918. The van der Waals surface area contributed by atoms with Crippen molar-refractivity contribution in [2.24, 2.45) is 0 Å². The molecular weight excluding hydrogens is 346 g/mol. The zero-order valence-corrected chi connectivity index (χ0v) is 12.4. The average molecular weight is 357 g/mol. The van der Waals surface area contributed by atoms with E-state index < -0.39 is 35.1 Å². The number of amides is 2. The lowest BCUT2D eigenvalue weighted by Gasteiger charge is -2.11. The van der Waals surface area contributed by atoms with Crippen LogP contribution in [0.1, 0.15) is 11.1 Å². The van der Waals surface area contributed by atoms with Crippen LogP contribution < -0.4 is 10.6 Å². The van der Waals surface area contributed by atoms with Crippen molar-refractivity contribution in [1.82, 2.24) is 5.32 Å². The first kappa shape index (κ1) is 18.2. The van der Waals surface area contributed by atoms with Gasteiger partial charge in [-0.25, -0.2) is 9.18 Å². The van der Waals surface area contributed by atoms with Crippen molar-refractivity contribution in [2.75, 3.05) is 5.32 Å². The number of carbonyl (C=O) groups is 1. The molecule has 132 valence electrons. The summed E-state index contributed by atoms with van der Waals surface area (Å²) in [4.78, 5) is 21.9. The number of anilines is 1. The molecular formula is C15H11F4N3O3. The summed E-state index contributed by atoms with van der Waals surface area (Å²) in [6.45, 7) is -0.526. The normalized spacial score (nSPS) is 11.0. The number of nitrogens with zero attached hydrogens (tertiary/aromatic N) is 1. The number of para-hydroxylation sites is 2. The lowest BCUT2D eigenvalue weighted by molar-refractivity contribution is -0.383. The lowest BCUT2D eigenvalue weighted by Crippen LogP contribution is -2.29. The van der Waals surface area contributed by atoms with E-state index in [4.69, 9.17) is 0 Å². The monoisotopic (exact) mass is 357 g/mol. The molecule has 0 saturated heterocycles. The van der Waals surface area contributed by atoms with Crippen molar-refractivity contribution >= 4 is 17.4 Å². The Morgan fingerprint density at radius 1 is 1.16 bits per heavy atom.